The van der Waals surface area contributed by atoms with Crippen molar-refractivity contribution in [1.82, 2.24) is 0 Å². The van der Waals surface area contributed by atoms with E-state index in [9.17, 15) is 9.18 Å². The first-order chi connectivity index (χ1) is 9.19. The molecule has 0 fully saturated rings. The van der Waals surface area contributed by atoms with Crippen molar-refractivity contribution in [2.24, 2.45) is 0 Å². The van der Waals surface area contributed by atoms with Crippen LogP contribution in [-0.2, 0) is 11.2 Å². The summed E-state index contributed by atoms with van der Waals surface area (Å²) in [5.41, 5.74) is 1.38. The summed E-state index contributed by atoms with van der Waals surface area (Å²) in [5, 5.41) is 2.77. The van der Waals surface area contributed by atoms with Crippen LogP contribution in [0.4, 0.5) is 10.1 Å². The van der Waals surface area contributed by atoms with Gasteiger partial charge in [0.2, 0.25) is 5.91 Å². The van der Waals surface area contributed by atoms with Gasteiger partial charge in [0, 0.05) is 0 Å². The van der Waals surface area contributed by atoms with Crippen LogP contribution in [0.5, 0.6) is 5.75 Å². The summed E-state index contributed by atoms with van der Waals surface area (Å²) in [4.78, 5) is 11.9. The van der Waals surface area contributed by atoms with Crippen LogP contribution in [0.1, 0.15) is 5.56 Å². The molecule has 0 saturated carbocycles. The molecule has 0 aliphatic heterocycles. The summed E-state index contributed by atoms with van der Waals surface area (Å²) in [6.45, 7) is 0. The van der Waals surface area contributed by atoms with Gasteiger partial charge in [-0.3, -0.25) is 4.79 Å². The van der Waals surface area contributed by atoms with Gasteiger partial charge in [0.25, 0.3) is 0 Å². The molecule has 0 aliphatic carbocycles. The molecule has 0 atom stereocenters. The third-order valence-electron chi connectivity index (χ3n) is 2.66. The van der Waals surface area contributed by atoms with Crippen LogP contribution in [0.2, 0.25) is 0 Å². The number of hydrogen-bond donors (Lipinski definition) is 1. The molecule has 98 valence electrons. The Morgan fingerprint density at radius 2 is 1.84 bits per heavy atom. The maximum Gasteiger partial charge on any atom is 0.228 e. The fourth-order valence-electron chi connectivity index (χ4n) is 1.73. The van der Waals surface area contributed by atoms with Crippen molar-refractivity contribution in [3.8, 4) is 5.75 Å². The molecule has 0 aliphatic rings. The van der Waals surface area contributed by atoms with Gasteiger partial charge in [-0.05, 0) is 29.8 Å². The second-order valence-electron chi connectivity index (χ2n) is 4.05. The standard InChI is InChI=1S/C15H14FNO2/c1-19-14-5-3-2-4-13(14)17-15(18)10-11-6-8-12(16)9-7-11/h2-9H,10H2,1H3,(H,17,18). The van der Waals surface area contributed by atoms with E-state index in [1.54, 1.807) is 31.4 Å². The Labute approximate surface area is 111 Å². The molecule has 19 heavy (non-hydrogen) atoms. The summed E-state index contributed by atoms with van der Waals surface area (Å²) in [6, 6.07) is 13.0. The average molecular weight is 259 g/mol. The number of rotatable bonds is 4. The topological polar surface area (TPSA) is 38.3 Å². The van der Waals surface area contributed by atoms with Crippen molar-refractivity contribution in [3.05, 3.63) is 59.9 Å². The van der Waals surface area contributed by atoms with Crippen LogP contribution in [0, 0.1) is 5.82 Å². The monoisotopic (exact) mass is 259 g/mol. The summed E-state index contributed by atoms with van der Waals surface area (Å²) >= 11 is 0. The zero-order chi connectivity index (χ0) is 13.7. The molecule has 0 bridgehead atoms. The van der Waals surface area contributed by atoms with Crippen molar-refractivity contribution < 1.29 is 13.9 Å². The van der Waals surface area contributed by atoms with E-state index in [0.29, 0.717) is 11.4 Å². The first-order valence-corrected chi connectivity index (χ1v) is 5.86. The zero-order valence-electron chi connectivity index (χ0n) is 10.5. The van der Waals surface area contributed by atoms with Gasteiger partial charge in [-0.15, -0.1) is 0 Å². The van der Waals surface area contributed by atoms with Gasteiger partial charge in [-0.1, -0.05) is 24.3 Å². The van der Waals surface area contributed by atoms with E-state index in [4.69, 9.17) is 4.74 Å². The SMILES string of the molecule is COc1ccccc1NC(=O)Cc1ccc(F)cc1. The number of anilines is 1. The van der Waals surface area contributed by atoms with Gasteiger partial charge < -0.3 is 10.1 Å². The Morgan fingerprint density at radius 3 is 2.53 bits per heavy atom. The van der Waals surface area contributed by atoms with E-state index < -0.39 is 0 Å². The number of amides is 1. The smallest absolute Gasteiger partial charge is 0.228 e. The van der Waals surface area contributed by atoms with Gasteiger partial charge in [0.15, 0.2) is 0 Å². The lowest BCUT2D eigenvalue weighted by Crippen LogP contribution is -2.14. The van der Waals surface area contributed by atoms with E-state index in [2.05, 4.69) is 5.32 Å². The molecule has 4 heteroatoms. The van der Waals surface area contributed by atoms with E-state index in [-0.39, 0.29) is 18.1 Å². The van der Waals surface area contributed by atoms with Gasteiger partial charge >= 0.3 is 0 Å². The fourth-order valence-corrected chi connectivity index (χ4v) is 1.73. The van der Waals surface area contributed by atoms with E-state index in [0.717, 1.165) is 5.56 Å². The van der Waals surface area contributed by atoms with Gasteiger partial charge in [0.05, 0.1) is 19.2 Å². The highest BCUT2D eigenvalue weighted by Crippen LogP contribution is 2.23. The molecule has 2 aromatic carbocycles. The number of para-hydroxylation sites is 2. The molecule has 2 rings (SSSR count). The number of methoxy groups -OCH3 is 1. The molecule has 0 unspecified atom stereocenters. The summed E-state index contributed by atoms with van der Waals surface area (Å²) in [7, 11) is 1.55. The fraction of sp³-hybridized carbons (Fsp3) is 0.133. The molecule has 0 radical (unpaired) electrons. The number of hydrogen-bond acceptors (Lipinski definition) is 2. The Hall–Kier alpha value is -2.36. The highest BCUT2D eigenvalue weighted by atomic mass is 19.1. The number of carbonyl (C=O) groups excluding carboxylic acids is 1. The highest BCUT2D eigenvalue weighted by molar-refractivity contribution is 5.93. The normalized spacial score (nSPS) is 10.0. The number of nitrogens with one attached hydrogen (secondary N) is 1. The first-order valence-electron chi connectivity index (χ1n) is 5.86. The lowest BCUT2D eigenvalue weighted by Gasteiger charge is -2.09. The molecule has 2 aromatic rings. The minimum Gasteiger partial charge on any atom is -0.495 e. The largest absolute Gasteiger partial charge is 0.495 e. The van der Waals surface area contributed by atoms with Crippen LogP contribution in [0.3, 0.4) is 0 Å². The van der Waals surface area contributed by atoms with Crippen LogP contribution >= 0.6 is 0 Å². The van der Waals surface area contributed by atoms with Gasteiger partial charge in [0.1, 0.15) is 11.6 Å². The number of halogens is 1. The minimum absolute atomic E-state index is 0.170. The molecular weight excluding hydrogens is 245 g/mol. The third kappa shape index (κ3) is 3.55. The van der Waals surface area contributed by atoms with Crippen molar-refractivity contribution in [2.75, 3.05) is 12.4 Å². The van der Waals surface area contributed by atoms with Crippen molar-refractivity contribution in [2.45, 2.75) is 6.42 Å². The van der Waals surface area contributed by atoms with Crippen molar-refractivity contribution in [3.63, 3.8) is 0 Å². The Bertz CT molecular complexity index is 567. The number of ether oxygens (including phenoxy) is 1. The Morgan fingerprint density at radius 1 is 1.16 bits per heavy atom. The maximum absolute atomic E-state index is 12.8. The molecule has 3 nitrogen and oxygen atoms in total. The van der Waals surface area contributed by atoms with Crippen molar-refractivity contribution in [1.29, 1.82) is 0 Å². The molecule has 0 spiro atoms. The third-order valence-corrected chi connectivity index (χ3v) is 2.66. The molecule has 1 amide bonds. The maximum atomic E-state index is 12.8. The summed E-state index contributed by atoms with van der Waals surface area (Å²) in [6.07, 6.45) is 0.193. The van der Waals surface area contributed by atoms with Crippen molar-refractivity contribution >= 4 is 11.6 Å². The highest BCUT2D eigenvalue weighted by Gasteiger charge is 2.07. The molecule has 0 heterocycles. The van der Waals surface area contributed by atoms with Crippen LogP contribution in [0.25, 0.3) is 0 Å². The van der Waals surface area contributed by atoms with Crippen LogP contribution < -0.4 is 10.1 Å². The molecule has 1 N–H and O–H groups in total. The van der Waals surface area contributed by atoms with Gasteiger partial charge in [-0.25, -0.2) is 4.39 Å². The summed E-state index contributed by atoms with van der Waals surface area (Å²) in [5.74, 6) is 0.125. The molecule has 0 aromatic heterocycles. The lowest BCUT2D eigenvalue weighted by atomic mass is 10.1. The lowest BCUT2D eigenvalue weighted by molar-refractivity contribution is -0.115. The second-order valence-corrected chi connectivity index (χ2v) is 4.05. The quantitative estimate of drug-likeness (QED) is 0.916. The van der Waals surface area contributed by atoms with E-state index in [1.165, 1.54) is 12.1 Å². The zero-order valence-corrected chi connectivity index (χ0v) is 10.5. The van der Waals surface area contributed by atoms with Gasteiger partial charge in [-0.2, -0.15) is 0 Å². The number of carbonyl (C=O) groups is 1. The van der Waals surface area contributed by atoms with E-state index in [1.807, 2.05) is 12.1 Å². The summed E-state index contributed by atoms with van der Waals surface area (Å²) < 4.78 is 17.9. The number of benzene rings is 2. The second kappa shape index (κ2) is 6.00. The first kappa shape index (κ1) is 13.1. The predicted octanol–water partition coefficient (Wildman–Crippen LogP) is 3.02. The average Bonchev–Trinajstić information content (AvgIpc) is 2.42. The Balaban J connectivity index is 2.03. The molecular formula is C15H14FNO2. The van der Waals surface area contributed by atoms with Crippen LogP contribution in [0.15, 0.2) is 48.5 Å². The van der Waals surface area contributed by atoms with E-state index >= 15 is 0 Å². The predicted molar refractivity (Wildman–Crippen MR) is 71.7 cm³/mol. The minimum atomic E-state index is -0.311. The Kier molecular flexibility index (Phi) is 4.13. The molecule has 0 saturated heterocycles. The van der Waals surface area contributed by atoms with Crippen LogP contribution in [-0.4, -0.2) is 13.0 Å².